The lowest BCUT2D eigenvalue weighted by atomic mass is 10.2. The SMILES string of the molecule is Cc1sc2nc(C(C)N3CCN(S(=O)(=O)c4ccc5c(c4)OCCO5)CC3)nc(N)c2c1C. The van der Waals surface area contributed by atoms with Crippen molar-refractivity contribution in [3.63, 3.8) is 0 Å². The first-order chi connectivity index (χ1) is 15.8. The van der Waals surface area contributed by atoms with Crippen LogP contribution in [0.3, 0.4) is 0 Å². The number of piperazine rings is 1. The van der Waals surface area contributed by atoms with E-state index in [4.69, 9.17) is 20.2 Å². The maximum atomic E-state index is 13.2. The summed E-state index contributed by atoms with van der Waals surface area (Å²) >= 11 is 1.63. The number of aromatic nitrogens is 2. The van der Waals surface area contributed by atoms with Crippen molar-refractivity contribution in [1.82, 2.24) is 19.2 Å². The molecule has 176 valence electrons. The molecule has 0 bridgehead atoms. The Morgan fingerprint density at radius 3 is 2.48 bits per heavy atom. The highest BCUT2D eigenvalue weighted by Gasteiger charge is 2.32. The van der Waals surface area contributed by atoms with Crippen molar-refractivity contribution in [2.24, 2.45) is 0 Å². The van der Waals surface area contributed by atoms with E-state index in [1.807, 2.05) is 13.8 Å². The number of thiophene rings is 1. The van der Waals surface area contributed by atoms with Gasteiger partial charge < -0.3 is 15.2 Å². The van der Waals surface area contributed by atoms with E-state index in [2.05, 4.69) is 16.8 Å². The number of anilines is 1. The van der Waals surface area contributed by atoms with Gasteiger partial charge in [-0.05, 0) is 38.5 Å². The number of hydrogen-bond donors (Lipinski definition) is 1. The van der Waals surface area contributed by atoms with Gasteiger partial charge in [-0.25, -0.2) is 18.4 Å². The van der Waals surface area contributed by atoms with Crippen molar-refractivity contribution in [1.29, 1.82) is 0 Å². The fourth-order valence-electron chi connectivity index (χ4n) is 4.31. The number of benzene rings is 1. The van der Waals surface area contributed by atoms with Crippen molar-refractivity contribution in [2.45, 2.75) is 31.7 Å². The van der Waals surface area contributed by atoms with Crippen LogP contribution < -0.4 is 15.2 Å². The fraction of sp³-hybridized carbons (Fsp3) is 0.455. The topological polar surface area (TPSA) is 111 Å². The Balaban J connectivity index is 1.31. The highest BCUT2D eigenvalue weighted by molar-refractivity contribution is 7.89. The maximum absolute atomic E-state index is 13.2. The number of fused-ring (bicyclic) bond motifs is 2. The van der Waals surface area contributed by atoms with Gasteiger partial charge in [-0.15, -0.1) is 11.3 Å². The van der Waals surface area contributed by atoms with Crippen molar-refractivity contribution >= 4 is 37.4 Å². The number of nitrogens with two attached hydrogens (primary N) is 1. The molecule has 4 heterocycles. The molecule has 0 amide bonds. The Kier molecular flexibility index (Phi) is 5.68. The van der Waals surface area contributed by atoms with Crippen LogP contribution in [0.2, 0.25) is 0 Å². The zero-order valence-corrected chi connectivity index (χ0v) is 20.5. The molecule has 33 heavy (non-hydrogen) atoms. The summed E-state index contributed by atoms with van der Waals surface area (Å²) in [6.45, 7) is 8.95. The second-order valence-electron chi connectivity index (χ2n) is 8.35. The van der Waals surface area contributed by atoms with Crippen LogP contribution in [0.15, 0.2) is 23.1 Å². The molecule has 1 fully saturated rings. The first kappa shape index (κ1) is 22.3. The fourth-order valence-corrected chi connectivity index (χ4v) is 6.79. The van der Waals surface area contributed by atoms with Crippen molar-refractivity contribution in [2.75, 3.05) is 45.1 Å². The summed E-state index contributed by atoms with van der Waals surface area (Å²) in [5.74, 6) is 2.22. The number of sulfonamides is 1. The Bertz CT molecular complexity index is 1320. The Labute approximate surface area is 197 Å². The largest absolute Gasteiger partial charge is 0.486 e. The Morgan fingerprint density at radius 1 is 1.06 bits per heavy atom. The molecule has 1 saturated heterocycles. The zero-order chi connectivity index (χ0) is 23.3. The molecule has 2 aliphatic heterocycles. The lowest BCUT2D eigenvalue weighted by molar-refractivity contribution is 0.141. The third-order valence-electron chi connectivity index (χ3n) is 6.42. The third kappa shape index (κ3) is 3.92. The molecule has 2 aromatic heterocycles. The average molecular weight is 490 g/mol. The molecule has 1 aromatic carbocycles. The highest BCUT2D eigenvalue weighted by atomic mass is 32.2. The number of ether oxygens (including phenoxy) is 2. The molecular formula is C22H27N5O4S2. The van der Waals surface area contributed by atoms with E-state index in [0.717, 1.165) is 15.8 Å². The average Bonchev–Trinajstić information content (AvgIpc) is 3.12. The van der Waals surface area contributed by atoms with Crippen LogP contribution in [0.5, 0.6) is 11.5 Å². The molecule has 0 spiro atoms. The number of hydrogen-bond acceptors (Lipinski definition) is 9. The molecule has 11 heteroatoms. The smallest absolute Gasteiger partial charge is 0.243 e. The number of rotatable bonds is 4. The van der Waals surface area contributed by atoms with E-state index in [0.29, 0.717) is 62.5 Å². The van der Waals surface area contributed by atoms with E-state index < -0.39 is 10.0 Å². The van der Waals surface area contributed by atoms with E-state index in [1.54, 1.807) is 29.5 Å². The predicted octanol–water partition coefficient (Wildman–Crippen LogP) is 2.73. The van der Waals surface area contributed by atoms with Gasteiger partial charge in [0.25, 0.3) is 0 Å². The molecule has 9 nitrogen and oxygen atoms in total. The summed E-state index contributed by atoms with van der Waals surface area (Å²) in [5, 5.41) is 0.934. The molecule has 0 radical (unpaired) electrons. The molecule has 5 rings (SSSR count). The second kappa shape index (κ2) is 8.39. The summed E-state index contributed by atoms with van der Waals surface area (Å²) in [7, 11) is -3.63. The summed E-state index contributed by atoms with van der Waals surface area (Å²) in [6.07, 6.45) is 0. The molecule has 0 aliphatic carbocycles. The number of nitrogen functional groups attached to an aromatic ring is 1. The van der Waals surface area contributed by atoms with Crippen molar-refractivity contribution in [3.05, 3.63) is 34.5 Å². The van der Waals surface area contributed by atoms with Crippen molar-refractivity contribution < 1.29 is 17.9 Å². The predicted molar refractivity (Wildman–Crippen MR) is 127 cm³/mol. The summed E-state index contributed by atoms with van der Waals surface area (Å²) in [6, 6.07) is 4.72. The lowest BCUT2D eigenvalue weighted by Crippen LogP contribution is -2.49. The highest BCUT2D eigenvalue weighted by Crippen LogP contribution is 2.35. The molecule has 2 aliphatic rings. The minimum absolute atomic E-state index is 0.0708. The van der Waals surface area contributed by atoms with E-state index in [9.17, 15) is 8.42 Å². The van der Waals surface area contributed by atoms with E-state index >= 15 is 0 Å². The van der Waals surface area contributed by atoms with Gasteiger partial charge in [0.1, 0.15) is 29.7 Å². The van der Waals surface area contributed by atoms with E-state index in [1.165, 1.54) is 9.18 Å². The molecule has 0 saturated carbocycles. The van der Waals surface area contributed by atoms with E-state index in [-0.39, 0.29) is 10.9 Å². The van der Waals surface area contributed by atoms with Crippen LogP contribution >= 0.6 is 11.3 Å². The van der Waals surface area contributed by atoms with Gasteiger partial charge in [0.15, 0.2) is 11.5 Å². The summed E-state index contributed by atoms with van der Waals surface area (Å²) < 4.78 is 39.0. The number of aryl methyl sites for hydroxylation is 2. The second-order valence-corrected chi connectivity index (χ2v) is 11.5. The van der Waals surface area contributed by atoms with Gasteiger partial charge in [0.05, 0.1) is 16.3 Å². The molecule has 2 N–H and O–H groups in total. The third-order valence-corrected chi connectivity index (χ3v) is 9.42. The Hall–Kier alpha value is -2.47. The summed E-state index contributed by atoms with van der Waals surface area (Å²) in [4.78, 5) is 13.9. The van der Waals surface area contributed by atoms with Crippen LogP contribution in [0, 0.1) is 13.8 Å². The minimum Gasteiger partial charge on any atom is -0.486 e. The molecule has 3 aromatic rings. The van der Waals surface area contributed by atoms with Gasteiger partial charge in [-0.2, -0.15) is 4.31 Å². The van der Waals surface area contributed by atoms with Gasteiger partial charge in [0.2, 0.25) is 10.0 Å². The summed E-state index contributed by atoms with van der Waals surface area (Å²) in [5.41, 5.74) is 7.39. The van der Waals surface area contributed by atoms with Crippen LogP contribution in [0.4, 0.5) is 5.82 Å². The molecular weight excluding hydrogens is 462 g/mol. The zero-order valence-electron chi connectivity index (χ0n) is 18.9. The van der Waals surface area contributed by atoms with Crippen molar-refractivity contribution in [3.8, 4) is 11.5 Å². The van der Waals surface area contributed by atoms with Gasteiger partial charge in [0, 0.05) is 37.1 Å². The quantitative estimate of drug-likeness (QED) is 0.596. The van der Waals surface area contributed by atoms with Crippen LogP contribution in [0.25, 0.3) is 10.2 Å². The van der Waals surface area contributed by atoms with Crippen LogP contribution in [-0.4, -0.2) is 67.0 Å². The Morgan fingerprint density at radius 2 is 1.76 bits per heavy atom. The number of nitrogens with zero attached hydrogens (tertiary/aromatic N) is 4. The van der Waals surface area contributed by atoms with Gasteiger partial charge >= 0.3 is 0 Å². The normalized spacial score (nSPS) is 18.5. The minimum atomic E-state index is -3.63. The monoisotopic (exact) mass is 489 g/mol. The van der Waals surface area contributed by atoms with Gasteiger partial charge in [-0.1, -0.05) is 0 Å². The molecule has 1 unspecified atom stereocenters. The first-order valence-electron chi connectivity index (χ1n) is 10.9. The maximum Gasteiger partial charge on any atom is 0.243 e. The first-order valence-corrected chi connectivity index (χ1v) is 13.2. The standard InChI is InChI=1S/C22H27N5O4S2/c1-13-15(3)32-22-19(13)20(23)24-21(25-22)14(2)26-6-8-27(9-7-26)33(28,29)16-4-5-17-18(12-16)31-11-10-30-17/h4-5,12,14H,6-11H2,1-3H3,(H2,23,24,25). The van der Waals surface area contributed by atoms with Crippen LogP contribution in [-0.2, 0) is 10.0 Å². The molecule has 1 atom stereocenters. The van der Waals surface area contributed by atoms with Gasteiger partial charge in [-0.3, -0.25) is 4.90 Å². The van der Waals surface area contributed by atoms with Crippen LogP contribution in [0.1, 0.15) is 29.2 Å². The lowest BCUT2D eigenvalue weighted by Gasteiger charge is -2.36.